The lowest BCUT2D eigenvalue weighted by molar-refractivity contribution is 0.137. The Bertz CT molecular complexity index is 435. The molecule has 0 spiro atoms. The van der Waals surface area contributed by atoms with Gasteiger partial charge >= 0.3 is 0 Å². The van der Waals surface area contributed by atoms with Gasteiger partial charge < -0.3 is 14.6 Å². The summed E-state index contributed by atoms with van der Waals surface area (Å²) in [5.41, 5.74) is 0. The van der Waals surface area contributed by atoms with Crippen molar-refractivity contribution in [2.75, 3.05) is 13.2 Å². The van der Waals surface area contributed by atoms with Gasteiger partial charge in [-0.1, -0.05) is 12.8 Å². The molecule has 0 amide bonds. The maximum atomic E-state index is 10.0. The maximum Gasteiger partial charge on any atom is 0.162 e. The van der Waals surface area contributed by atoms with Gasteiger partial charge in [0.2, 0.25) is 0 Å². The summed E-state index contributed by atoms with van der Waals surface area (Å²) in [6.07, 6.45) is 5.16. The van der Waals surface area contributed by atoms with E-state index in [2.05, 4.69) is 6.07 Å². The topological polar surface area (TPSA) is 38.7 Å². The minimum atomic E-state index is -0.172. The summed E-state index contributed by atoms with van der Waals surface area (Å²) in [5.74, 6) is 1.68. The lowest BCUT2D eigenvalue weighted by Crippen LogP contribution is -2.26. The number of benzene rings is 1. The number of thioether (sulfide) groups is 1. The van der Waals surface area contributed by atoms with E-state index in [0.29, 0.717) is 11.9 Å². The van der Waals surface area contributed by atoms with Crippen LogP contribution >= 0.6 is 11.8 Å². The van der Waals surface area contributed by atoms with Crippen molar-refractivity contribution in [3.05, 3.63) is 18.2 Å². The summed E-state index contributed by atoms with van der Waals surface area (Å²) < 4.78 is 11.3. The van der Waals surface area contributed by atoms with Crippen LogP contribution in [0.25, 0.3) is 0 Å². The highest BCUT2D eigenvalue weighted by Crippen LogP contribution is 2.38. The summed E-state index contributed by atoms with van der Waals surface area (Å²) in [7, 11) is 0. The molecule has 1 aromatic rings. The van der Waals surface area contributed by atoms with Gasteiger partial charge in [-0.05, 0) is 31.0 Å². The van der Waals surface area contributed by atoms with Crippen molar-refractivity contribution < 1.29 is 14.6 Å². The Morgan fingerprint density at radius 3 is 2.63 bits per heavy atom. The Kier molecular flexibility index (Phi) is 4.18. The molecule has 0 bridgehead atoms. The van der Waals surface area contributed by atoms with Gasteiger partial charge in [-0.2, -0.15) is 0 Å². The first-order valence-electron chi connectivity index (χ1n) is 7.07. The van der Waals surface area contributed by atoms with Crippen LogP contribution in [0.5, 0.6) is 11.5 Å². The van der Waals surface area contributed by atoms with Crippen molar-refractivity contribution in [1.29, 1.82) is 0 Å². The molecule has 2 atom stereocenters. The monoisotopic (exact) mass is 280 g/mol. The van der Waals surface area contributed by atoms with Gasteiger partial charge in [0.25, 0.3) is 0 Å². The highest BCUT2D eigenvalue weighted by Gasteiger charge is 2.24. The van der Waals surface area contributed by atoms with E-state index in [4.69, 9.17) is 9.47 Å². The highest BCUT2D eigenvalue weighted by molar-refractivity contribution is 8.00. The predicted molar refractivity (Wildman–Crippen MR) is 76.2 cm³/mol. The van der Waals surface area contributed by atoms with Gasteiger partial charge in [0.05, 0.1) is 19.3 Å². The van der Waals surface area contributed by atoms with Crippen LogP contribution in [0.1, 0.15) is 32.1 Å². The lowest BCUT2D eigenvalue weighted by Gasteiger charge is -2.27. The summed E-state index contributed by atoms with van der Waals surface area (Å²) in [5, 5.41) is 10.4. The van der Waals surface area contributed by atoms with E-state index in [-0.39, 0.29) is 6.10 Å². The van der Waals surface area contributed by atoms with Crippen molar-refractivity contribution in [2.24, 2.45) is 0 Å². The van der Waals surface area contributed by atoms with Crippen molar-refractivity contribution in [3.8, 4) is 11.5 Å². The molecule has 1 N–H and O–H groups in total. The third kappa shape index (κ3) is 3.18. The zero-order chi connectivity index (χ0) is 13.1. The number of aliphatic hydroxyl groups is 1. The highest BCUT2D eigenvalue weighted by atomic mass is 32.2. The van der Waals surface area contributed by atoms with E-state index in [9.17, 15) is 5.11 Å². The molecular formula is C15H20O3S. The minimum Gasteiger partial charge on any atom is -0.490 e. The normalized spacial score (nSPS) is 26.8. The first kappa shape index (κ1) is 13.1. The lowest BCUT2D eigenvalue weighted by atomic mass is 9.97. The van der Waals surface area contributed by atoms with Crippen LogP contribution in [0.15, 0.2) is 23.1 Å². The van der Waals surface area contributed by atoms with Gasteiger partial charge in [-0.25, -0.2) is 0 Å². The third-order valence-corrected chi connectivity index (χ3v) is 5.05. The standard InChI is InChI=1S/C15H20O3S/c16-12-4-1-2-5-15(12)19-11-6-7-13-14(10-11)18-9-3-8-17-13/h6-7,10,12,15-16H,1-5,8-9H2/t12-,15-/m0/s1. The molecule has 4 heteroatoms. The van der Waals surface area contributed by atoms with Gasteiger partial charge in [0.1, 0.15) is 0 Å². The van der Waals surface area contributed by atoms with Crippen LogP contribution in [-0.2, 0) is 0 Å². The molecule has 0 unspecified atom stereocenters. The van der Waals surface area contributed by atoms with Crippen LogP contribution in [0, 0.1) is 0 Å². The minimum absolute atomic E-state index is 0.172. The fourth-order valence-corrected chi connectivity index (χ4v) is 3.86. The van der Waals surface area contributed by atoms with Gasteiger partial charge in [0, 0.05) is 16.6 Å². The van der Waals surface area contributed by atoms with E-state index in [1.54, 1.807) is 11.8 Å². The number of rotatable bonds is 2. The summed E-state index contributed by atoms with van der Waals surface area (Å²) >= 11 is 1.77. The van der Waals surface area contributed by atoms with Crippen molar-refractivity contribution in [2.45, 2.75) is 48.4 Å². The summed E-state index contributed by atoms with van der Waals surface area (Å²) in [6.45, 7) is 1.44. The van der Waals surface area contributed by atoms with Crippen LogP contribution in [0.4, 0.5) is 0 Å². The molecule has 3 nitrogen and oxygen atoms in total. The van der Waals surface area contributed by atoms with Crippen LogP contribution in [-0.4, -0.2) is 29.7 Å². The van der Waals surface area contributed by atoms with Crippen LogP contribution < -0.4 is 9.47 Å². The van der Waals surface area contributed by atoms with E-state index in [1.807, 2.05) is 12.1 Å². The Morgan fingerprint density at radius 1 is 1.00 bits per heavy atom. The SMILES string of the molecule is O[C@H]1CCCC[C@@H]1Sc1ccc2c(c1)OCCCO2. The first-order chi connectivity index (χ1) is 9.33. The fourth-order valence-electron chi connectivity index (χ4n) is 2.61. The van der Waals surface area contributed by atoms with Gasteiger partial charge in [-0.3, -0.25) is 0 Å². The summed E-state index contributed by atoms with van der Waals surface area (Å²) in [4.78, 5) is 1.16. The molecule has 0 aromatic heterocycles. The largest absolute Gasteiger partial charge is 0.490 e. The van der Waals surface area contributed by atoms with E-state index < -0.39 is 0 Å². The van der Waals surface area contributed by atoms with Crippen molar-refractivity contribution in [3.63, 3.8) is 0 Å². The number of hydrogen-bond donors (Lipinski definition) is 1. The first-order valence-corrected chi connectivity index (χ1v) is 7.95. The quantitative estimate of drug-likeness (QED) is 0.902. The Morgan fingerprint density at radius 2 is 1.79 bits per heavy atom. The smallest absolute Gasteiger partial charge is 0.162 e. The average molecular weight is 280 g/mol. The number of aliphatic hydroxyl groups excluding tert-OH is 1. The van der Waals surface area contributed by atoms with Crippen LogP contribution in [0.2, 0.25) is 0 Å². The fraction of sp³-hybridized carbons (Fsp3) is 0.600. The molecule has 1 aliphatic carbocycles. The molecule has 0 radical (unpaired) electrons. The molecule has 2 aliphatic rings. The van der Waals surface area contributed by atoms with Crippen LogP contribution in [0.3, 0.4) is 0 Å². The van der Waals surface area contributed by atoms with Crippen molar-refractivity contribution in [1.82, 2.24) is 0 Å². The zero-order valence-electron chi connectivity index (χ0n) is 11.0. The number of ether oxygens (including phenoxy) is 2. The Balaban J connectivity index is 1.72. The molecule has 1 saturated carbocycles. The van der Waals surface area contributed by atoms with E-state index >= 15 is 0 Å². The molecule has 3 rings (SSSR count). The average Bonchev–Trinajstić information content (AvgIpc) is 2.66. The second-order valence-corrected chi connectivity index (χ2v) is 6.48. The predicted octanol–water partition coefficient (Wildman–Crippen LogP) is 3.24. The molecule has 19 heavy (non-hydrogen) atoms. The molecule has 0 saturated heterocycles. The maximum absolute atomic E-state index is 10.0. The summed E-state index contributed by atoms with van der Waals surface area (Å²) in [6, 6.07) is 6.10. The molecule has 1 fully saturated rings. The second kappa shape index (κ2) is 6.06. The second-order valence-electron chi connectivity index (χ2n) is 5.17. The zero-order valence-corrected chi connectivity index (χ0v) is 11.8. The molecule has 1 aliphatic heterocycles. The number of fused-ring (bicyclic) bond motifs is 1. The van der Waals surface area contributed by atoms with E-state index in [0.717, 1.165) is 48.7 Å². The van der Waals surface area contributed by atoms with Gasteiger partial charge in [-0.15, -0.1) is 11.8 Å². The van der Waals surface area contributed by atoms with E-state index in [1.165, 1.54) is 6.42 Å². The van der Waals surface area contributed by atoms with Crippen molar-refractivity contribution >= 4 is 11.8 Å². The Labute approximate surface area is 118 Å². The molecule has 1 aromatic carbocycles. The number of hydrogen-bond acceptors (Lipinski definition) is 4. The molecule has 1 heterocycles. The third-order valence-electron chi connectivity index (χ3n) is 3.67. The van der Waals surface area contributed by atoms with Gasteiger partial charge in [0.15, 0.2) is 11.5 Å². The molecule has 104 valence electrons. The Hall–Kier alpha value is -0.870. The molecular weight excluding hydrogens is 260 g/mol.